The second-order valence-electron chi connectivity index (χ2n) is 3.74. The van der Waals surface area contributed by atoms with Crippen LogP contribution >= 0.6 is 0 Å². The fourth-order valence-corrected chi connectivity index (χ4v) is 5.67. The summed E-state index contributed by atoms with van der Waals surface area (Å²) in [4.78, 5) is 0. The first-order chi connectivity index (χ1) is 10.8. The van der Waals surface area contributed by atoms with Crippen molar-refractivity contribution < 1.29 is 52.7 Å². The third-order valence-electron chi connectivity index (χ3n) is 1.57. The van der Waals surface area contributed by atoms with Gasteiger partial charge in [-0.3, -0.25) is 0 Å². The summed E-state index contributed by atoms with van der Waals surface area (Å²) >= 11 is -6.46. The van der Waals surface area contributed by atoms with E-state index in [1.54, 1.807) is 0 Å². The molecule has 0 bridgehead atoms. The van der Waals surface area contributed by atoms with Crippen molar-refractivity contribution in [1.82, 2.24) is 0 Å². The molecule has 0 aliphatic heterocycles. The first-order valence-corrected chi connectivity index (χ1v) is 11.0. The van der Waals surface area contributed by atoms with E-state index in [-0.39, 0.29) is 0 Å². The van der Waals surface area contributed by atoms with Crippen molar-refractivity contribution in [2.24, 2.45) is 0 Å². The van der Waals surface area contributed by atoms with Crippen LogP contribution in [-0.2, 0) is 0 Å². The van der Waals surface area contributed by atoms with E-state index in [1.165, 1.54) is 0 Å². The third kappa shape index (κ3) is 13.2. The zero-order valence-electron chi connectivity index (χ0n) is 11.0. The van der Waals surface area contributed by atoms with Gasteiger partial charge in [0.1, 0.15) is 0 Å². The second kappa shape index (κ2) is 7.61. The topological polar surface area (TPSA) is 0 Å². The summed E-state index contributed by atoms with van der Waals surface area (Å²) in [6.07, 6.45) is -21.7. The Hall–Kier alpha value is -1.80. The molecular weight excluding hydrogens is 491 g/mol. The van der Waals surface area contributed by atoms with E-state index in [0.29, 0.717) is 23.7 Å². The van der Waals surface area contributed by atoms with Crippen LogP contribution in [-0.4, -0.2) is 43.1 Å². The SMILES string of the molecule is FC(F)(F)C#[C][Sn]([C]#CC(F)(F)F)([C]#CC(F)(F)F)[C]#CC(F)(F)F. The van der Waals surface area contributed by atoms with Crippen molar-refractivity contribution in [2.45, 2.75) is 24.7 Å². The van der Waals surface area contributed by atoms with Crippen LogP contribution in [0.1, 0.15) is 0 Å². The molecule has 0 aromatic rings. The normalized spacial score (nSPS) is 12.3. The Morgan fingerprint density at radius 3 is 0.640 bits per heavy atom. The van der Waals surface area contributed by atoms with Gasteiger partial charge in [-0.1, -0.05) is 0 Å². The van der Waals surface area contributed by atoms with Crippen molar-refractivity contribution in [2.75, 3.05) is 0 Å². The van der Waals surface area contributed by atoms with Crippen molar-refractivity contribution >= 4 is 18.4 Å². The van der Waals surface area contributed by atoms with E-state index >= 15 is 0 Å². The van der Waals surface area contributed by atoms with Gasteiger partial charge in [-0.15, -0.1) is 0 Å². The molecule has 0 unspecified atom stereocenters. The van der Waals surface area contributed by atoms with Gasteiger partial charge in [0, 0.05) is 0 Å². The van der Waals surface area contributed by atoms with Gasteiger partial charge < -0.3 is 0 Å². The average Bonchev–Trinajstić information content (AvgIpc) is 2.33. The Kier molecular flexibility index (Phi) is 7.06. The molecule has 13 heteroatoms. The Morgan fingerprint density at radius 2 is 0.520 bits per heavy atom. The summed E-state index contributed by atoms with van der Waals surface area (Å²) in [5.41, 5.74) is 0. The van der Waals surface area contributed by atoms with Gasteiger partial charge in [0.15, 0.2) is 0 Å². The van der Waals surface area contributed by atoms with Crippen molar-refractivity contribution in [3.63, 3.8) is 0 Å². The molecule has 0 nitrogen and oxygen atoms in total. The van der Waals surface area contributed by atoms with E-state index in [0.717, 1.165) is 15.7 Å². The van der Waals surface area contributed by atoms with Crippen LogP contribution in [0.4, 0.5) is 52.7 Å². The van der Waals surface area contributed by atoms with Gasteiger partial charge in [-0.25, -0.2) is 0 Å². The quantitative estimate of drug-likeness (QED) is 0.275. The van der Waals surface area contributed by atoms with Gasteiger partial charge in [-0.05, 0) is 0 Å². The monoisotopic (exact) mass is 492 g/mol. The summed E-state index contributed by atoms with van der Waals surface area (Å²) < 4.78 is 148. The molecule has 0 aromatic heterocycles. The molecule has 0 N–H and O–H groups in total. The standard InChI is InChI=1S/4C3F3.Sn/c4*1-2-3(4,5)6;. The fraction of sp³-hybridized carbons (Fsp3) is 0.333. The molecule has 0 amide bonds. The van der Waals surface area contributed by atoms with Crippen molar-refractivity contribution in [3.05, 3.63) is 0 Å². The minimum absolute atomic E-state index is 0.305. The minimum atomic E-state index is -6.46. The number of hydrogen-bond acceptors (Lipinski definition) is 0. The summed E-state index contributed by atoms with van der Waals surface area (Å²) in [5, 5.41) is 0. The maximum atomic E-state index is 12.1. The second-order valence-corrected chi connectivity index (χ2v) is 10.9. The summed E-state index contributed by atoms with van der Waals surface area (Å²) in [7, 11) is 0. The first-order valence-electron chi connectivity index (χ1n) is 5.27. The van der Waals surface area contributed by atoms with Crippen molar-refractivity contribution in [1.29, 1.82) is 0 Å². The molecule has 0 aliphatic rings. The average molecular weight is 491 g/mol. The first kappa shape index (κ1) is 23.2. The molecule has 25 heavy (non-hydrogen) atoms. The molecule has 0 aromatic carbocycles. The fourth-order valence-electron chi connectivity index (χ4n) is 0.846. The zero-order valence-corrected chi connectivity index (χ0v) is 13.9. The Bertz CT molecular complexity index is 597. The third-order valence-corrected chi connectivity index (χ3v) is 7.28. The molecule has 0 saturated carbocycles. The predicted molar refractivity (Wildman–Crippen MR) is 61.1 cm³/mol. The number of halogens is 12. The van der Waals surface area contributed by atoms with E-state index < -0.39 is 43.1 Å². The summed E-state index contributed by atoms with van der Waals surface area (Å²) in [5.74, 6) is 1.22. The molecule has 0 atom stereocenters. The van der Waals surface area contributed by atoms with Crippen LogP contribution in [0.3, 0.4) is 0 Å². The molecule has 0 aliphatic carbocycles. The molecule has 0 heterocycles. The van der Waals surface area contributed by atoms with Gasteiger partial charge in [0.25, 0.3) is 0 Å². The van der Waals surface area contributed by atoms with Crippen LogP contribution in [0.15, 0.2) is 0 Å². The van der Waals surface area contributed by atoms with Crippen LogP contribution in [0.25, 0.3) is 0 Å². The van der Waals surface area contributed by atoms with Gasteiger partial charge in [0.2, 0.25) is 0 Å². The zero-order chi connectivity index (χ0) is 20.2. The number of alkyl halides is 12. The molecule has 0 fully saturated rings. The number of rotatable bonds is 0. The van der Waals surface area contributed by atoms with E-state index in [9.17, 15) is 52.7 Å². The van der Waals surface area contributed by atoms with E-state index in [4.69, 9.17) is 0 Å². The van der Waals surface area contributed by atoms with Gasteiger partial charge >= 0.3 is 135 Å². The molecule has 136 valence electrons. The molecule has 0 radical (unpaired) electrons. The van der Waals surface area contributed by atoms with E-state index in [1.807, 2.05) is 0 Å². The maximum absolute atomic E-state index is 12.1. The molecule has 0 spiro atoms. The summed E-state index contributed by atoms with van der Waals surface area (Å²) in [6, 6.07) is 0. The number of hydrogen-bond donors (Lipinski definition) is 0. The summed E-state index contributed by atoms with van der Waals surface area (Å²) in [6.45, 7) is 0. The van der Waals surface area contributed by atoms with Gasteiger partial charge in [0.05, 0.1) is 0 Å². The molecule has 0 rings (SSSR count). The van der Waals surface area contributed by atoms with Crippen LogP contribution < -0.4 is 0 Å². The van der Waals surface area contributed by atoms with Crippen LogP contribution in [0.2, 0.25) is 0 Å². The Labute approximate surface area is 135 Å². The van der Waals surface area contributed by atoms with Crippen LogP contribution in [0, 0.1) is 39.4 Å². The predicted octanol–water partition coefficient (Wildman–Crippen LogP) is 3.85. The Balaban J connectivity index is 6.66. The molecular formula is C12F12Sn. The Morgan fingerprint density at radius 1 is 0.360 bits per heavy atom. The van der Waals surface area contributed by atoms with Gasteiger partial charge in [-0.2, -0.15) is 0 Å². The van der Waals surface area contributed by atoms with E-state index in [2.05, 4.69) is 0 Å². The van der Waals surface area contributed by atoms with Crippen LogP contribution in [0.5, 0.6) is 0 Å². The molecule has 0 saturated heterocycles. The van der Waals surface area contributed by atoms with Crippen molar-refractivity contribution in [3.8, 4) is 39.4 Å².